The van der Waals surface area contributed by atoms with Crippen molar-refractivity contribution in [1.82, 2.24) is 0 Å². The molecule has 0 spiro atoms. The molecular weight excluding hydrogens is 322 g/mol. The number of nitro benzene ring substituents is 1. The second kappa shape index (κ2) is 6.68. The zero-order valence-electron chi connectivity index (χ0n) is 12.8. The topological polar surface area (TPSA) is 109 Å². The van der Waals surface area contributed by atoms with E-state index in [0.717, 1.165) is 0 Å². The molecule has 0 unspecified atom stereocenters. The second-order valence-electron chi connectivity index (χ2n) is 5.05. The highest BCUT2D eigenvalue weighted by atomic mass is 16.6. The average molecular weight is 333 g/mol. The molecule has 0 aliphatic carbocycles. The van der Waals surface area contributed by atoms with E-state index in [1.807, 2.05) is 6.07 Å². The van der Waals surface area contributed by atoms with Crippen molar-refractivity contribution in [1.29, 1.82) is 5.26 Å². The summed E-state index contributed by atoms with van der Waals surface area (Å²) in [4.78, 5) is 22.9. The molecule has 0 saturated heterocycles. The van der Waals surface area contributed by atoms with E-state index in [-0.39, 0.29) is 22.8 Å². The number of hydrogen-bond acceptors (Lipinski definition) is 5. The minimum absolute atomic E-state index is 0.0131. The molecule has 122 valence electrons. The Morgan fingerprint density at radius 2 is 1.80 bits per heavy atom. The number of amides is 1. The highest BCUT2D eigenvalue weighted by molar-refractivity contribution is 6.03. The van der Waals surface area contributed by atoms with Gasteiger partial charge in [0.1, 0.15) is 11.8 Å². The zero-order chi connectivity index (χ0) is 17.8. The monoisotopic (exact) mass is 333 g/mol. The number of anilines is 1. The smallest absolute Gasteiger partial charge is 0.291 e. The largest absolute Gasteiger partial charge is 0.451 e. The van der Waals surface area contributed by atoms with Gasteiger partial charge in [-0.3, -0.25) is 14.9 Å². The number of para-hydroxylation sites is 2. The van der Waals surface area contributed by atoms with Gasteiger partial charge in [-0.05, 0) is 30.3 Å². The van der Waals surface area contributed by atoms with Gasteiger partial charge in [-0.15, -0.1) is 0 Å². The van der Waals surface area contributed by atoms with E-state index < -0.39 is 10.8 Å². The number of nitrogens with one attached hydrogen (secondary N) is 1. The minimum Gasteiger partial charge on any atom is -0.451 e. The molecule has 0 aliphatic rings. The molecule has 0 saturated carbocycles. The molecule has 7 nitrogen and oxygen atoms in total. The number of hydrogen-bond donors (Lipinski definition) is 1. The van der Waals surface area contributed by atoms with Gasteiger partial charge < -0.3 is 9.73 Å². The summed E-state index contributed by atoms with van der Waals surface area (Å²) in [5.74, 6) is -0.348. The van der Waals surface area contributed by atoms with Crippen LogP contribution < -0.4 is 5.32 Å². The Morgan fingerprint density at radius 3 is 2.56 bits per heavy atom. The number of furan rings is 1. The van der Waals surface area contributed by atoms with Crippen LogP contribution in [0.4, 0.5) is 11.4 Å². The van der Waals surface area contributed by atoms with Crippen molar-refractivity contribution in [2.24, 2.45) is 0 Å². The maximum Gasteiger partial charge on any atom is 0.291 e. The first kappa shape index (κ1) is 16.0. The molecular formula is C18H11N3O4. The lowest BCUT2D eigenvalue weighted by Gasteiger charge is -2.04. The molecule has 0 bridgehead atoms. The summed E-state index contributed by atoms with van der Waals surface area (Å²) in [5, 5.41) is 22.7. The molecule has 0 radical (unpaired) electrons. The molecule has 2 aromatic carbocycles. The van der Waals surface area contributed by atoms with E-state index in [1.54, 1.807) is 42.5 Å². The van der Waals surface area contributed by atoms with Crippen molar-refractivity contribution in [3.63, 3.8) is 0 Å². The predicted octanol–water partition coefficient (Wildman–Crippen LogP) is 3.98. The third kappa shape index (κ3) is 3.23. The molecule has 25 heavy (non-hydrogen) atoms. The molecule has 0 atom stereocenters. The molecule has 0 aliphatic heterocycles. The summed E-state index contributed by atoms with van der Waals surface area (Å²) in [5.41, 5.74) is 0.850. The number of nitro groups is 1. The van der Waals surface area contributed by atoms with E-state index in [2.05, 4.69) is 5.32 Å². The van der Waals surface area contributed by atoms with Crippen LogP contribution in [0.15, 0.2) is 65.1 Å². The first-order chi connectivity index (χ1) is 12.1. The molecule has 1 N–H and O–H groups in total. The summed E-state index contributed by atoms with van der Waals surface area (Å²) >= 11 is 0. The maximum absolute atomic E-state index is 12.3. The number of rotatable bonds is 4. The first-order valence-corrected chi connectivity index (χ1v) is 7.24. The van der Waals surface area contributed by atoms with Crippen LogP contribution in [0.25, 0.3) is 11.3 Å². The van der Waals surface area contributed by atoms with Gasteiger partial charge in [0.25, 0.3) is 11.6 Å². The number of nitrogens with zero attached hydrogens (tertiary/aromatic N) is 2. The van der Waals surface area contributed by atoms with Gasteiger partial charge in [-0.1, -0.05) is 24.3 Å². The Bertz CT molecular complexity index is 1000. The fourth-order valence-corrected chi connectivity index (χ4v) is 2.32. The van der Waals surface area contributed by atoms with Crippen LogP contribution in [0.1, 0.15) is 16.1 Å². The van der Waals surface area contributed by atoms with E-state index in [4.69, 9.17) is 9.68 Å². The zero-order valence-corrected chi connectivity index (χ0v) is 12.8. The second-order valence-corrected chi connectivity index (χ2v) is 5.05. The standard InChI is InChI=1S/C18H11N3O4/c19-11-12-5-1-3-7-14(12)20-18(22)17-10-9-16(25-17)13-6-2-4-8-15(13)21(23)24/h1-10H,(H,20,22). The lowest BCUT2D eigenvalue weighted by atomic mass is 10.1. The van der Waals surface area contributed by atoms with E-state index in [1.165, 1.54) is 18.2 Å². The van der Waals surface area contributed by atoms with Crippen molar-refractivity contribution in [2.75, 3.05) is 5.32 Å². The molecule has 1 aromatic heterocycles. The van der Waals surface area contributed by atoms with Crippen LogP contribution in [0.3, 0.4) is 0 Å². The Kier molecular flexibility index (Phi) is 4.26. The number of carbonyl (C=O) groups is 1. The molecule has 3 rings (SSSR count). The van der Waals surface area contributed by atoms with Gasteiger partial charge in [-0.25, -0.2) is 0 Å². The van der Waals surface area contributed by atoms with E-state index >= 15 is 0 Å². The number of carbonyl (C=O) groups excluding carboxylic acids is 1. The fourth-order valence-electron chi connectivity index (χ4n) is 2.32. The molecule has 3 aromatic rings. The highest BCUT2D eigenvalue weighted by Crippen LogP contribution is 2.31. The summed E-state index contributed by atoms with van der Waals surface area (Å²) in [6.07, 6.45) is 0. The van der Waals surface area contributed by atoms with Crippen molar-refractivity contribution in [3.8, 4) is 17.4 Å². The summed E-state index contributed by atoms with van der Waals surface area (Å²) < 4.78 is 5.47. The van der Waals surface area contributed by atoms with Crippen LogP contribution in [0.5, 0.6) is 0 Å². The van der Waals surface area contributed by atoms with Gasteiger partial charge in [0.2, 0.25) is 0 Å². The Balaban J connectivity index is 1.88. The highest BCUT2D eigenvalue weighted by Gasteiger charge is 2.19. The summed E-state index contributed by atoms with van der Waals surface area (Å²) in [6, 6.07) is 17.6. The summed E-state index contributed by atoms with van der Waals surface area (Å²) in [6.45, 7) is 0. The third-order valence-corrected chi connectivity index (χ3v) is 3.49. The third-order valence-electron chi connectivity index (χ3n) is 3.49. The van der Waals surface area contributed by atoms with Crippen LogP contribution in [-0.2, 0) is 0 Å². The van der Waals surface area contributed by atoms with Gasteiger partial charge in [0.05, 0.1) is 21.7 Å². The van der Waals surface area contributed by atoms with Crippen molar-refractivity contribution in [3.05, 3.63) is 82.1 Å². The molecule has 1 amide bonds. The Morgan fingerprint density at radius 1 is 1.08 bits per heavy atom. The Hall–Kier alpha value is -3.92. The van der Waals surface area contributed by atoms with Gasteiger partial charge in [-0.2, -0.15) is 5.26 Å². The van der Waals surface area contributed by atoms with Crippen molar-refractivity contribution in [2.45, 2.75) is 0 Å². The van der Waals surface area contributed by atoms with Gasteiger partial charge in [0, 0.05) is 6.07 Å². The van der Waals surface area contributed by atoms with Crippen LogP contribution in [0, 0.1) is 21.4 Å². The number of nitriles is 1. The minimum atomic E-state index is -0.549. The van der Waals surface area contributed by atoms with E-state index in [0.29, 0.717) is 11.3 Å². The lowest BCUT2D eigenvalue weighted by Crippen LogP contribution is -2.11. The molecule has 0 fully saturated rings. The van der Waals surface area contributed by atoms with Crippen molar-refractivity contribution < 1.29 is 14.1 Å². The average Bonchev–Trinajstić information content (AvgIpc) is 3.12. The first-order valence-electron chi connectivity index (χ1n) is 7.24. The normalized spacial score (nSPS) is 10.0. The maximum atomic E-state index is 12.3. The lowest BCUT2D eigenvalue weighted by molar-refractivity contribution is -0.384. The Labute approximate surface area is 142 Å². The van der Waals surface area contributed by atoms with Crippen LogP contribution in [-0.4, -0.2) is 10.8 Å². The summed E-state index contributed by atoms with van der Waals surface area (Å²) in [7, 11) is 0. The van der Waals surface area contributed by atoms with Crippen molar-refractivity contribution >= 4 is 17.3 Å². The van der Waals surface area contributed by atoms with Crippen LogP contribution >= 0.6 is 0 Å². The predicted molar refractivity (Wildman–Crippen MR) is 89.9 cm³/mol. The quantitative estimate of drug-likeness (QED) is 0.573. The van der Waals surface area contributed by atoms with Gasteiger partial charge in [0.15, 0.2) is 5.76 Å². The molecule has 1 heterocycles. The number of benzene rings is 2. The van der Waals surface area contributed by atoms with Gasteiger partial charge >= 0.3 is 0 Å². The molecule has 7 heteroatoms. The van der Waals surface area contributed by atoms with E-state index in [9.17, 15) is 14.9 Å². The van der Waals surface area contributed by atoms with Crippen LogP contribution in [0.2, 0.25) is 0 Å². The fraction of sp³-hybridized carbons (Fsp3) is 0. The SMILES string of the molecule is N#Cc1ccccc1NC(=O)c1ccc(-c2ccccc2[N+](=O)[O-])o1.